The van der Waals surface area contributed by atoms with Gasteiger partial charge in [0.2, 0.25) is 0 Å². The molecule has 0 aliphatic carbocycles. The largest absolute Gasteiger partial charge is 0.383 e. The number of unbranched alkanes of at least 4 members (excludes halogenated alkanes) is 4. The van der Waals surface area contributed by atoms with Gasteiger partial charge in [-0.1, -0.05) is 44.3 Å². The summed E-state index contributed by atoms with van der Waals surface area (Å²) in [4.78, 5) is 0. The van der Waals surface area contributed by atoms with Crippen molar-refractivity contribution < 1.29 is 4.74 Å². The van der Waals surface area contributed by atoms with E-state index in [1.165, 1.54) is 38.5 Å². The minimum atomic E-state index is 0.806. The molecule has 0 saturated carbocycles. The molecule has 0 rings (SSSR count). The first-order chi connectivity index (χ1) is 8.31. The zero-order valence-electron chi connectivity index (χ0n) is 12.1. The van der Waals surface area contributed by atoms with Crippen LogP contribution in [0, 0.1) is 0 Å². The highest BCUT2D eigenvalue weighted by atomic mass is 16.5. The van der Waals surface area contributed by atoms with Crippen molar-refractivity contribution in [3.05, 3.63) is 11.6 Å². The normalized spacial score (nSPS) is 12.1. The molecule has 0 unspecified atom stereocenters. The Bertz CT molecular complexity index is 178. The SMILES string of the molecule is CCCCCCCC(C)=CCCNCCOC. The molecule has 0 aromatic heterocycles. The molecule has 0 saturated heterocycles. The minimum absolute atomic E-state index is 0.806. The van der Waals surface area contributed by atoms with Crippen LogP contribution in [0.5, 0.6) is 0 Å². The molecule has 0 atom stereocenters. The van der Waals surface area contributed by atoms with Crippen molar-refractivity contribution in [2.75, 3.05) is 26.8 Å². The van der Waals surface area contributed by atoms with Crippen molar-refractivity contribution in [3.63, 3.8) is 0 Å². The van der Waals surface area contributed by atoms with E-state index in [1.807, 2.05) is 0 Å². The van der Waals surface area contributed by atoms with Gasteiger partial charge in [0.15, 0.2) is 0 Å². The van der Waals surface area contributed by atoms with Gasteiger partial charge in [-0.05, 0) is 32.7 Å². The van der Waals surface area contributed by atoms with Crippen molar-refractivity contribution >= 4 is 0 Å². The second-order valence-corrected chi connectivity index (χ2v) is 4.75. The maximum atomic E-state index is 4.98. The lowest BCUT2D eigenvalue weighted by atomic mass is 10.1. The van der Waals surface area contributed by atoms with Gasteiger partial charge < -0.3 is 10.1 Å². The standard InChI is InChI=1S/C15H31NO/c1-4-5-6-7-8-10-15(2)11-9-12-16-13-14-17-3/h11,16H,4-10,12-14H2,1-3H3. The van der Waals surface area contributed by atoms with Gasteiger partial charge in [0.1, 0.15) is 0 Å². The summed E-state index contributed by atoms with van der Waals surface area (Å²) in [6.45, 7) is 7.35. The van der Waals surface area contributed by atoms with Crippen LogP contribution in [0.3, 0.4) is 0 Å². The minimum Gasteiger partial charge on any atom is -0.383 e. The molecular formula is C15H31NO. The van der Waals surface area contributed by atoms with Crippen LogP contribution < -0.4 is 5.32 Å². The summed E-state index contributed by atoms with van der Waals surface area (Å²) in [6, 6.07) is 0. The van der Waals surface area contributed by atoms with Crippen LogP contribution in [0.1, 0.15) is 58.8 Å². The van der Waals surface area contributed by atoms with Crippen molar-refractivity contribution in [3.8, 4) is 0 Å². The Kier molecular flexibility index (Phi) is 13.4. The third kappa shape index (κ3) is 13.6. The van der Waals surface area contributed by atoms with Gasteiger partial charge in [-0.25, -0.2) is 0 Å². The van der Waals surface area contributed by atoms with Crippen LogP contribution in [0.4, 0.5) is 0 Å². The van der Waals surface area contributed by atoms with Crippen molar-refractivity contribution in [1.82, 2.24) is 5.32 Å². The molecule has 0 amide bonds. The Morgan fingerprint density at radius 3 is 2.59 bits per heavy atom. The fraction of sp³-hybridized carbons (Fsp3) is 0.867. The maximum absolute atomic E-state index is 4.98. The Hall–Kier alpha value is -0.340. The molecule has 0 aliphatic heterocycles. The average Bonchev–Trinajstić information content (AvgIpc) is 2.33. The van der Waals surface area contributed by atoms with E-state index < -0.39 is 0 Å². The second kappa shape index (κ2) is 13.7. The number of ether oxygens (including phenoxy) is 1. The monoisotopic (exact) mass is 241 g/mol. The zero-order valence-corrected chi connectivity index (χ0v) is 12.1. The quantitative estimate of drug-likeness (QED) is 0.413. The fourth-order valence-electron chi connectivity index (χ4n) is 1.83. The molecule has 2 heteroatoms. The topological polar surface area (TPSA) is 21.3 Å². The molecule has 0 aromatic carbocycles. The van der Waals surface area contributed by atoms with E-state index in [1.54, 1.807) is 12.7 Å². The van der Waals surface area contributed by atoms with Gasteiger partial charge in [-0.3, -0.25) is 0 Å². The van der Waals surface area contributed by atoms with E-state index in [0.717, 1.165) is 26.1 Å². The number of allylic oxidation sites excluding steroid dienone is 1. The molecule has 0 bridgehead atoms. The molecule has 0 radical (unpaired) electrons. The van der Waals surface area contributed by atoms with Crippen LogP contribution in [-0.4, -0.2) is 26.8 Å². The van der Waals surface area contributed by atoms with E-state index in [9.17, 15) is 0 Å². The van der Waals surface area contributed by atoms with Gasteiger partial charge in [-0.2, -0.15) is 0 Å². The van der Waals surface area contributed by atoms with E-state index in [4.69, 9.17) is 4.74 Å². The average molecular weight is 241 g/mol. The Labute approximate surface area is 108 Å². The molecular weight excluding hydrogens is 210 g/mol. The highest BCUT2D eigenvalue weighted by molar-refractivity contribution is 4.97. The summed E-state index contributed by atoms with van der Waals surface area (Å²) >= 11 is 0. The Morgan fingerprint density at radius 2 is 1.88 bits per heavy atom. The lowest BCUT2D eigenvalue weighted by Gasteiger charge is -2.03. The van der Waals surface area contributed by atoms with Gasteiger partial charge in [0, 0.05) is 13.7 Å². The number of hydrogen-bond acceptors (Lipinski definition) is 2. The van der Waals surface area contributed by atoms with Crippen LogP contribution in [0.25, 0.3) is 0 Å². The van der Waals surface area contributed by atoms with Crippen LogP contribution in [0.2, 0.25) is 0 Å². The number of hydrogen-bond donors (Lipinski definition) is 1. The molecule has 0 aromatic rings. The predicted molar refractivity (Wildman–Crippen MR) is 76.5 cm³/mol. The molecule has 2 nitrogen and oxygen atoms in total. The number of nitrogens with one attached hydrogen (secondary N) is 1. The zero-order chi connectivity index (χ0) is 12.8. The van der Waals surface area contributed by atoms with Crippen molar-refractivity contribution in [1.29, 1.82) is 0 Å². The highest BCUT2D eigenvalue weighted by Crippen LogP contribution is 2.10. The van der Waals surface area contributed by atoms with Crippen molar-refractivity contribution in [2.45, 2.75) is 58.8 Å². The third-order valence-corrected chi connectivity index (χ3v) is 2.97. The first kappa shape index (κ1) is 16.7. The first-order valence-electron chi connectivity index (χ1n) is 7.16. The van der Waals surface area contributed by atoms with Crippen molar-refractivity contribution in [2.24, 2.45) is 0 Å². The smallest absolute Gasteiger partial charge is 0.0587 e. The lowest BCUT2D eigenvalue weighted by Crippen LogP contribution is -2.19. The molecule has 102 valence electrons. The van der Waals surface area contributed by atoms with Gasteiger partial charge in [0.25, 0.3) is 0 Å². The molecule has 0 aliphatic rings. The summed E-state index contributed by atoms with van der Waals surface area (Å²) in [6.07, 6.45) is 11.7. The van der Waals surface area contributed by atoms with Crippen LogP contribution in [-0.2, 0) is 4.74 Å². The van der Waals surface area contributed by atoms with Crippen LogP contribution >= 0.6 is 0 Å². The molecule has 17 heavy (non-hydrogen) atoms. The van der Waals surface area contributed by atoms with E-state index in [2.05, 4.69) is 25.2 Å². The summed E-state index contributed by atoms with van der Waals surface area (Å²) in [5.41, 5.74) is 1.55. The van der Waals surface area contributed by atoms with Gasteiger partial charge >= 0.3 is 0 Å². The van der Waals surface area contributed by atoms with E-state index in [0.29, 0.717) is 0 Å². The maximum Gasteiger partial charge on any atom is 0.0587 e. The van der Waals surface area contributed by atoms with Gasteiger partial charge in [0.05, 0.1) is 6.61 Å². The lowest BCUT2D eigenvalue weighted by molar-refractivity contribution is 0.199. The van der Waals surface area contributed by atoms with E-state index >= 15 is 0 Å². The highest BCUT2D eigenvalue weighted by Gasteiger charge is 1.92. The van der Waals surface area contributed by atoms with Gasteiger partial charge in [-0.15, -0.1) is 0 Å². The molecule has 0 heterocycles. The van der Waals surface area contributed by atoms with Crippen LogP contribution in [0.15, 0.2) is 11.6 Å². The first-order valence-corrected chi connectivity index (χ1v) is 7.16. The number of rotatable bonds is 12. The van der Waals surface area contributed by atoms with E-state index in [-0.39, 0.29) is 0 Å². The molecule has 0 spiro atoms. The fourth-order valence-corrected chi connectivity index (χ4v) is 1.83. The third-order valence-electron chi connectivity index (χ3n) is 2.97. The Balaban J connectivity index is 3.26. The Morgan fingerprint density at radius 1 is 1.12 bits per heavy atom. The summed E-state index contributed by atoms with van der Waals surface area (Å²) in [5, 5.41) is 3.36. The summed E-state index contributed by atoms with van der Waals surface area (Å²) < 4.78 is 4.98. The summed E-state index contributed by atoms with van der Waals surface area (Å²) in [5.74, 6) is 0. The number of methoxy groups -OCH3 is 1. The molecule has 1 N–H and O–H groups in total. The summed E-state index contributed by atoms with van der Waals surface area (Å²) in [7, 11) is 1.74. The molecule has 0 fully saturated rings. The predicted octanol–water partition coefficient (Wildman–Crippen LogP) is 3.92. The second-order valence-electron chi connectivity index (χ2n) is 4.75.